The molecular weight excluding hydrogens is 128 g/mol. The van der Waals surface area contributed by atoms with Crippen LogP contribution in [0.15, 0.2) is 11.4 Å². The zero-order chi connectivity index (χ0) is 8.15. The maximum atomic E-state index is 8.42. The van der Waals surface area contributed by atoms with Gasteiger partial charge in [0.1, 0.15) is 23.5 Å². The van der Waals surface area contributed by atoms with Crippen molar-refractivity contribution in [1.29, 1.82) is 10.5 Å². The van der Waals surface area contributed by atoms with Crippen molar-refractivity contribution < 1.29 is 0 Å². The Labute approximate surface area is 59.8 Å². The van der Waals surface area contributed by atoms with Crippen molar-refractivity contribution in [2.75, 3.05) is 14.1 Å². The molecule has 0 aromatic carbocycles. The Morgan fingerprint density at radius 3 is 1.90 bits per heavy atom. The van der Waals surface area contributed by atoms with Crippen molar-refractivity contribution in [3.05, 3.63) is 11.4 Å². The number of nitrogens with two attached hydrogens (primary N) is 1. The molecule has 2 N–H and O–H groups in total. The molecule has 0 heterocycles. The van der Waals surface area contributed by atoms with E-state index in [1.807, 2.05) is 6.07 Å². The lowest BCUT2D eigenvalue weighted by molar-refractivity contribution is 0.528. The number of hydrogen-bond donors (Lipinski definition) is 1. The molecule has 0 aliphatic heterocycles. The summed E-state index contributed by atoms with van der Waals surface area (Å²) in [6.45, 7) is 0. The summed E-state index contributed by atoms with van der Waals surface area (Å²) >= 11 is 0. The van der Waals surface area contributed by atoms with Crippen LogP contribution in [0.3, 0.4) is 0 Å². The Morgan fingerprint density at radius 1 is 1.30 bits per heavy atom. The predicted octanol–water partition coefficient (Wildman–Crippen LogP) is -0.235. The van der Waals surface area contributed by atoms with Crippen LogP contribution in [0.25, 0.3) is 0 Å². The number of nitrogens with zero attached hydrogens (tertiary/aromatic N) is 3. The minimum atomic E-state index is -0.0486. The molecule has 52 valence electrons. The van der Waals surface area contributed by atoms with Gasteiger partial charge in [0.15, 0.2) is 0 Å². The van der Waals surface area contributed by atoms with Gasteiger partial charge in [-0.1, -0.05) is 0 Å². The highest BCUT2D eigenvalue weighted by Crippen LogP contribution is 1.98. The van der Waals surface area contributed by atoms with E-state index in [1.54, 1.807) is 20.2 Å². The van der Waals surface area contributed by atoms with Crippen LogP contribution in [0.1, 0.15) is 0 Å². The van der Waals surface area contributed by atoms with Gasteiger partial charge in [-0.15, -0.1) is 0 Å². The first-order valence-electron chi connectivity index (χ1n) is 2.60. The number of nitriles is 2. The molecule has 0 aromatic heterocycles. The van der Waals surface area contributed by atoms with Crippen LogP contribution >= 0.6 is 0 Å². The third-order valence-corrected chi connectivity index (χ3v) is 0.929. The van der Waals surface area contributed by atoms with Gasteiger partial charge in [-0.2, -0.15) is 10.5 Å². The maximum absolute atomic E-state index is 8.42. The standard InChI is InChI=1S/C6H8N4/c1-10(2)6(4-8)5(9)3-7/h9H2,1-2H3. The van der Waals surface area contributed by atoms with E-state index in [0.29, 0.717) is 0 Å². The van der Waals surface area contributed by atoms with E-state index in [0.717, 1.165) is 0 Å². The molecule has 0 unspecified atom stereocenters. The molecule has 4 heteroatoms. The Hall–Kier alpha value is -1.68. The maximum Gasteiger partial charge on any atom is 0.149 e. The largest absolute Gasteiger partial charge is 0.388 e. The first-order valence-corrected chi connectivity index (χ1v) is 2.60. The summed E-state index contributed by atoms with van der Waals surface area (Å²) in [6.07, 6.45) is 0. The molecule has 0 saturated carbocycles. The second-order valence-corrected chi connectivity index (χ2v) is 1.88. The second-order valence-electron chi connectivity index (χ2n) is 1.88. The van der Waals surface area contributed by atoms with Gasteiger partial charge in [-0.25, -0.2) is 0 Å². The molecule has 0 radical (unpaired) electrons. The molecule has 0 amide bonds. The average molecular weight is 136 g/mol. The smallest absolute Gasteiger partial charge is 0.149 e. The van der Waals surface area contributed by atoms with Crippen LogP contribution in [-0.4, -0.2) is 19.0 Å². The lowest BCUT2D eigenvalue weighted by atomic mass is 10.3. The van der Waals surface area contributed by atoms with Crippen LogP contribution in [0, 0.1) is 22.7 Å². The molecule has 0 aromatic rings. The number of hydrogen-bond acceptors (Lipinski definition) is 4. The molecule has 10 heavy (non-hydrogen) atoms. The van der Waals surface area contributed by atoms with Gasteiger partial charge in [0.05, 0.1) is 0 Å². The molecule has 0 aliphatic carbocycles. The van der Waals surface area contributed by atoms with Crippen molar-refractivity contribution in [3.8, 4) is 12.1 Å². The highest BCUT2D eigenvalue weighted by Gasteiger charge is 2.02. The van der Waals surface area contributed by atoms with Gasteiger partial charge >= 0.3 is 0 Å². The molecule has 0 saturated heterocycles. The Kier molecular flexibility index (Phi) is 2.80. The van der Waals surface area contributed by atoms with Crippen LogP contribution in [0.5, 0.6) is 0 Å². The second kappa shape index (κ2) is 3.37. The van der Waals surface area contributed by atoms with Gasteiger partial charge < -0.3 is 10.6 Å². The third kappa shape index (κ3) is 1.68. The zero-order valence-corrected chi connectivity index (χ0v) is 5.92. The van der Waals surface area contributed by atoms with Crippen molar-refractivity contribution in [2.45, 2.75) is 0 Å². The lowest BCUT2D eigenvalue weighted by Gasteiger charge is -2.09. The monoisotopic (exact) mass is 136 g/mol. The molecule has 0 bridgehead atoms. The van der Waals surface area contributed by atoms with Crippen molar-refractivity contribution in [1.82, 2.24) is 4.90 Å². The van der Waals surface area contributed by atoms with E-state index in [1.165, 1.54) is 4.90 Å². The zero-order valence-electron chi connectivity index (χ0n) is 5.92. The minimum Gasteiger partial charge on any atom is -0.388 e. The van der Waals surface area contributed by atoms with Gasteiger partial charge in [0.25, 0.3) is 0 Å². The van der Waals surface area contributed by atoms with E-state index in [-0.39, 0.29) is 11.4 Å². The lowest BCUT2D eigenvalue weighted by Crippen LogP contribution is -2.15. The number of allylic oxidation sites excluding steroid dienone is 2. The first kappa shape index (κ1) is 8.32. The van der Waals surface area contributed by atoms with Crippen LogP contribution < -0.4 is 5.73 Å². The molecule has 0 spiro atoms. The average Bonchev–Trinajstić information content (AvgIpc) is 1.88. The Bertz CT molecular complexity index is 225. The van der Waals surface area contributed by atoms with E-state index in [4.69, 9.17) is 16.3 Å². The van der Waals surface area contributed by atoms with Crippen molar-refractivity contribution in [2.24, 2.45) is 5.73 Å². The summed E-state index contributed by atoms with van der Waals surface area (Å²) in [7, 11) is 3.31. The fourth-order valence-electron chi connectivity index (χ4n) is 0.454. The Balaban J connectivity index is 4.73. The van der Waals surface area contributed by atoms with Crippen molar-refractivity contribution >= 4 is 0 Å². The molecule has 0 aliphatic rings. The van der Waals surface area contributed by atoms with Gasteiger partial charge in [-0.3, -0.25) is 0 Å². The predicted molar refractivity (Wildman–Crippen MR) is 36.1 cm³/mol. The molecule has 4 nitrogen and oxygen atoms in total. The topological polar surface area (TPSA) is 76.8 Å². The first-order chi connectivity index (χ1) is 4.63. The fraction of sp³-hybridized carbons (Fsp3) is 0.333. The van der Waals surface area contributed by atoms with E-state index < -0.39 is 0 Å². The van der Waals surface area contributed by atoms with Gasteiger partial charge in [0, 0.05) is 14.1 Å². The summed E-state index contributed by atoms with van der Waals surface area (Å²) in [4.78, 5) is 1.50. The summed E-state index contributed by atoms with van der Waals surface area (Å²) < 4.78 is 0. The normalized spacial score (nSPS) is 10.8. The highest BCUT2D eigenvalue weighted by molar-refractivity contribution is 5.32. The SMILES string of the molecule is CN(C)C(C#N)=C(N)C#N. The van der Waals surface area contributed by atoms with Crippen LogP contribution in [0.2, 0.25) is 0 Å². The van der Waals surface area contributed by atoms with Crippen LogP contribution in [-0.2, 0) is 0 Å². The van der Waals surface area contributed by atoms with E-state index in [2.05, 4.69) is 0 Å². The summed E-state index contributed by atoms with van der Waals surface area (Å²) in [5.74, 6) is 0. The van der Waals surface area contributed by atoms with Gasteiger partial charge in [-0.05, 0) is 0 Å². The summed E-state index contributed by atoms with van der Waals surface area (Å²) in [5.41, 5.74) is 5.33. The quantitative estimate of drug-likeness (QED) is 0.505. The highest BCUT2D eigenvalue weighted by atomic mass is 15.1. The van der Waals surface area contributed by atoms with Gasteiger partial charge in [0.2, 0.25) is 0 Å². The summed E-state index contributed by atoms with van der Waals surface area (Å²) in [6, 6.07) is 3.50. The molecular formula is C6H8N4. The van der Waals surface area contributed by atoms with E-state index in [9.17, 15) is 0 Å². The summed E-state index contributed by atoms with van der Waals surface area (Å²) in [5, 5.41) is 16.7. The molecule has 0 atom stereocenters. The molecule has 0 fully saturated rings. The van der Waals surface area contributed by atoms with E-state index >= 15 is 0 Å². The molecule has 0 rings (SSSR count). The fourth-order valence-corrected chi connectivity index (χ4v) is 0.454. The minimum absolute atomic E-state index is 0.0486. The number of rotatable bonds is 1. The Morgan fingerprint density at radius 2 is 1.80 bits per heavy atom. The van der Waals surface area contributed by atoms with Crippen LogP contribution in [0.4, 0.5) is 0 Å². The van der Waals surface area contributed by atoms with Crippen molar-refractivity contribution in [3.63, 3.8) is 0 Å². The third-order valence-electron chi connectivity index (χ3n) is 0.929.